The second-order valence-corrected chi connectivity index (χ2v) is 7.63. The molecule has 0 aliphatic rings. The number of carbonyl (C=O) groups is 1. The fraction of sp³-hybridized carbons (Fsp3) is 0.444. The van der Waals surface area contributed by atoms with Gasteiger partial charge in [0.05, 0.1) is 18.6 Å². The minimum Gasteiger partial charge on any atom is -0.726 e. The zero-order valence-electron chi connectivity index (χ0n) is 16.7. The molecule has 0 aromatic carbocycles. The highest BCUT2D eigenvalue weighted by Gasteiger charge is 2.34. The summed E-state index contributed by atoms with van der Waals surface area (Å²) in [6.45, 7) is 5.03. The molecule has 1 amide bonds. The first-order chi connectivity index (χ1) is 12.8. The van der Waals surface area contributed by atoms with E-state index in [4.69, 9.17) is 10.2 Å². The number of aryl methyl sites for hydroxylation is 1. The van der Waals surface area contributed by atoms with Crippen LogP contribution in [-0.2, 0) is 32.8 Å². The van der Waals surface area contributed by atoms with E-state index in [-0.39, 0.29) is 0 Å². The maximum absolute atomic E-state index is 11.3. The summed E-state index contributed by atoms with van der Waals surface area (Å²) in [5, 5.41) is 10.1. The number of primary amides is 1. The quantitative estimate of drug-likeness (QED) is 0.274. The SMILES string of the molecule is C/C(=C/C=C\C=C\Cc1c[n+](C)co1)[C@@H](O)C(C)(C)C(N)=O.COS(=O)(=O)[O-]. The molecule has 1 heterocycles. The van der Waals surface area contributed by atoms with E-state index in [2.05, 4.69) is 4.18 Å². The zero-order chi connectivity index (χ0) is 22.0. The van der Waals surface area contributed by atoms with Crippen LogP contribution in [0.3, 0.4) is 0 Å². The Kier molecular flexibility index (Phi) is 10.6. The molecule has 158 valence electrons. The highest BCUT2D eigenvalue weighted by molar-refractivity contribution is 7.80. The lowest BCUT2D eigenvalue weighted by atomic mass is 9.82. The summed E-state index contributed by atoms with van der Waals surface area (Å²) in [6.07, 6.45) is 12.7. The van der Waals surface area contributed by atoms with E-state index in [1.54, 1.807) is 33.2 Å². The number of rotatable bonds is 8. The van der Waals surface area contributed by atoms with E-state index in [1.807, 2.05) is 42.1 Å². The fourth-order valence-electron chi connectivity index (χ4n) is 1.87. The molecular formula is C18H28N2O7S. The van der Waals surface area contributed by atoms with Gasteiger partial charge in [0.15, 0.2) is 5.76 Å². The number of hydrogen-bond donors (Lipinski definition) is 2. The summed E-state index contributed by atoms with van der Waals surface area (Å²) in [5.41, 5.74) is 4.99. The molecule has 10 heteroatoms. The van der Waals surface area contributed by atoms with Gasteiger partial charge in [-0.1, -0.05) is 30.4 Å². The molecule has 3 N–H and O–H groups in total. The molecule has 9 nitrogen and oxygen atoms in total. The van der Waals surface area contributed by atoms with Crippen molar-refractivity contribution in [3.63, 3.8) is 0 Å². The van der Waals surface area contributed by atoms with Crippen molar-refractivity contribution in [2.75, 3.05) is 7.11 Å². The second kappa shape index (κ2) is 11.5. The summed E-state index contributed by atoms with van der Waals surface area (Å²) in [4.78, 5) is 11.3. The van der Waals surface area contributed by atoms with Crippen molar-refractivity contribution < 1.29 is 36.0 Å². The zero-order valence-corrected chi connectivity index (χ0v) is 17.5. The van der Waals surface area contributed by atoms with Crippen molar-refractivity contribution in [3.8, 4) is 0 Å². The molecule has 1 aromatic heterocycles. The van der Waals surface area contributed by atoms with E-state index < -0.39 is 27.8 Å². The Morgan fingerprint density at radius 1 is 1.43 bits per heavy atom. The molecule has 1 rings (SSSR count). The Hall–Kier alpha value is -2.27. The van der Waals surface area contributed by atoms with Gasteiger partial charge in [-0.05, 0) is 26.3 Å². The number of allylic oxidation sites excluding steroid dienone is 5. The molecule has 0 fully saturated rings. The van der Waals surface area contributed by atoms with E-state index in [9.17, 15) is 22.9 Å². The van der Waals surface area contributed by atoms with Crippen LogP contribution >= 0.6 is 0 Å². The third-order valence-corrected chi connectivity index (χ3v) is 4.12. The van der Waals surface area contributed by atoms with Crippen molar-refractivity contribution in [2.45, 2.75) is 33.3 Å². The first-order valence-corrected chi connectivity index (χ1v) is 9.56. The Balaban J connectivity index is 0.00000105. The third kappa shape index (κ3) is 10.2. The maximum Gasteiger partial charge on any atom is 0.334 e. The first kappa shape index (κ1) is 25.7. The van der Waals surface area contributed by atoms with Crippen molar-refractivity contribution in [1.82, 2.24) is 0 Å². The van der Waals surface area contributed by atoms with Crippen LogP contribution in [0.1, 0.15) is 26.5 Å². The molecule has 0 unspecified atom stereocenters. The monoisotopic (exact) mass is 416 g/mol. The minimum absolute atomic E-state index is 0.525. The van der Waals surface area contributed by atoms with Gasteiger partial charge < -0.3 is 19.8 Å². The Morgan fingerprint density at radius 2 is 2.00 bits per heavy atom. The first-order valence-electron chi connectivity index (χ1n) is 8.23. The normalized spacial score (nSPS) is 14.2. The highest BCUT2D eigenvalue weighted by Crippen LogP contribution is 2.25. The predicted octanol–water partition coefficient (Wildman–Crippen LogP) is 0.671. The fourth-order valence-corrected chi connectivity index (χ4v) is 1.87. The standard InChI is InChI=1S/C17H24N2O3.CH4O4S/c1-13(15(20)17(2,3)16(18)21)9-7-5-6-8-10-14-11-19(4)12-22-14;1-5-6(2,3)4/h5-9,11-12,15,20H,10H2,1-4H3,(H-,18,21);1H3,(H,2,3,4)/b7-5-,8-6+,13-9-;/t15-;/m1./s1. The Labute approximate surface area is 165 Å². The lowest BCUT2D eigenvalue weighted by Crippen LogP contribution is -2.42. The number of nitrogens with zero attached hydrogens (tertiary/aromatic N) is 1. The number of amides is 1. The average molecular weight is 416 g/mol. The van der Waals surface area contributed by atoms with Crippen LogP contribution in [0.5, 0.6) is 0 Å². The molecule has 0 saturated carbocycles. The molecule has 28 heavy (non-hydrogen) atoms. The van der Waals surface area contributed by atoms with Crippen LogP contribution in [0.4, 0.5) is 0 Å². The molecule has 1 aromatic rings. The van der Waals surface area contributed by atoms with Crippen LogP contribution in [-0.4, -0.2) is 37.2 Å². The lowest BCUT2D eigenvalue weighted by molar-refractivity contribution is -0.674. The van der Waals surface area contributed by atoms with E-state index in [0.29, 0.717) is 12.0 Å². The molecule has 1 atom stereocenters. The van der Waals surface area contributed by atoms with Crippen molar-refractivity contribution in [2.24, 2.45) is 18.2 Å². The summed E-state index contributed by atoms with van der Waals surface area (Å²) < 4.78 is 38.2. The molecule has 0 saturated heterocycles. The molecule has 0 spiro atoms. The van der Waals surface area contributed by atoms with Gasteiger partial charge in [-0.3, -0.25) is 8.98 Å². The van der Waals surface area contributed by atoms with Gasteiger partial charge in [-0.25, -0.2) is 8.42 Å². The van der Waals surface area contributed by atoms with Gasteiger partial charge in [0.2, 0.25) is 22.5 Å². The maximum atomic E-state index is 11.3. The number of aromatic nitrogens is 1. The molecule has 0 bridgehead atoms. The third-order valence-electron chi connectivity index (χ3n) is 3.71. The topological polar surface area (TPSA) is 147 Å². The smallest absolute Gasteiger partial charge is 0.334 e. The molecule has 0 radical (unpaired) electrons. The predicted molar refractivity (Wildman–Crippen MR) is 101 cm³/mol. The van der Waals surface area contributed by atoms with Gasteiger partial charge in [-0.2, -0.15) is 4.57 Å². The van der Waals surface area contributed by atoms with Crippen LogP contribution in [0, 0.1) is 5.41 Å². The molecular weight excluding hydrogens is 388 g/mol. The second-order valence-electron chi connectivity index (χ2n) is 6.48. The number of aliphatic hydroxyl groups excluding tert-OH is 1. The number of hydrogen-bond acceptors (Lipinski definition) is 7. The van der Waals surface area contributed by atoms with Gasteiger partial charge in [0.25, 0.3) is 0 Å². The summed E-state index contributed by atoms with van der Waals surface area (Å²) in [6, 6.07) is 0. The van der Waals surface area contributed by atoms with Crippen LogP contribution < -0.4 is 10.3 Å². The number of nitrogens with two attached hydrogens (primary N) is 1. The van der Waals surface area contributed by atoms with Crippen molar-refractivity contribution >= 4 is 16.3 Å². The number of carbonyl (C=O) groups excluding carboxylic acids is 1. The van der Waals surface area contributed by atoms with E-state index in [1.165, 1.54) is 0 Å². The lowest BCUT2D eigenvalue weighted by Gasteiger charge is -2.27. The summed E-state index contributed by atoms with van der Waals surface area (Å²) in [5.74, 6) is 0.362. The van der Waals surface area contributed by atoms with Crippen LogP contribution in [0.25, 0.3) is 0 Å². The highest BCUT2D eigenvalue weighted by atomic mass is 32.3. The molecule has 0 aliphatic carbocycles. The summed E-state index contributed by atoms with van der Waals surface area (Å²) >= 11 is 0. The van der Waals surface area contributed by atoms with Gasteiger partial charge in [-0.15, -0.1) is 0 Å². The largest absolute Gasteiger partial charge is 0.726 e. The van der Waals surface area contributed by atoms with Gasteiger partial charge >= 0.3 is 6.39 Å². The number of oxazole rings is 1. The molecule has 0 aliphatic heterocycles. The van der Waals surface area contributed by atoms with Gasteiger partial charge in [0.1, 0.15) is 7.05 Å². The van der Waals surface area contributed by atoms with Crippen LogP contribution in [0.15, 0.2) is 53.0 Å². The Morgan fingerprint density at radius 3 is 2.43 bits per heavy atom. The van der Waals surface area contributed by atoms with Crippen LogP contribution in [0.2, 0.25) is 0 Å². The number of aliphatic hydroxyl groups is 1. The Bertz CT molecular complexity index is 821. The van der Waals surface area contributed by atoms with E-state index >= 15 is 0 Å². The summed E-state index contributed by atoms with van der Waals surface area (Å²) in [7, 11) is -1.70. The average Bonchev–Trinajstić information content (AvgIpc) is 3.02. The van der Waals surface area contributed by atoms with Crippen molar-refractivity contribution in [1.29, 1.82) is 0 Å². The minimum atomic E-state index is -4.41. The van der Waals surface area contributed by atoms with E-state index in [0.717, 1.165) is 12.9 Å². The van der Waals surface area contributed by atoms with Gasteiger partial charge in [0, 0.05) is 6.42 Å². The van der Waals surface area contributed by atoms with Crippen molar-refractivity contribution in [3.05, 3.63) is 54.3 Å².